The van der Waals surface area contributed by atoms with Crippen molar-refractivity contribution in [1.82, 2.24) is 4.57 Å². The minimum Gasteiger partial charge on any atom is -0.346 e. The highest BCUT2D eigenvalue weighted by Gasteiger charge is 2.26. The first-order chi connectivity index (χ1) is 8.22. The number of nitrogens with zero attached hydrogens (tertiary/aromatic N) is 2. The monoisotopic (exact) mass is 224 g/mol. The van der Waals surface area contributed by atoms with Gasteiger partial charge in [-0.2, -0.15) is 5.26 Å². The third-order valence-electron chi connectivity index (χ3n) is 3.91. The van der Waals surface area contributed by atoms with E-state index in [0.717, 1.165) is 19.3 Å². The number of benzene rings is 1. The number of fused-ring (bicyclic) bond motifs is 3. The molecule has 17 heavy (non-hydrogen) atoms. The summed E-state index contributed by atoms with van der Waals surface area (Å²) in [5.74, 6) is 0.0801. The number of rotatable bonds is 0. The summed E-state index contributed by atoms with van der Waals surface area (Å²) in [5, 5.41) is 10.6. The van der Waals surface area contributed by atoms with Gasteiger partial charge in [-0.05, 0) is 43.9 Å². The third-order valence-corrected chi connectivity index (χ3v) is 3.91. The summed E-state index contributed by atoms with van der Waals surface area (Å²) in [6.45, 7) is 2.13. The Morgan fingerprint density at radius 3 is 3.00 bits per heavy atom. The molecule has 0 aliphatic heterocycles. The predicted molar refractivity (Wildman–Crippen MR) is 68.9 cm³/mol. The molecule has 0 saturated carbocycles. The standard InChI is InChI=1S/C15H16N2/c1-10-6-7-14-13(8-10)12-5-3-4-11(9-16)15(12)17(14)2/h6-8,11H,3-5H2,1-2H3/t11-/m0/s1. The molecule has 1 aliphatic carbocycles. The van der Waals surface area contributed by atoms with Crippen LogP contribution in [0.4, 0.5) is 0 Å². The van der Waals surface area contributed by atoms with Gasteiger partial charge in [-0.15, -0.1) is 0 Å². The second-order valence-corrected chi connectivity index (χ2v) is 5.02. The third kappa shape index (κ3) is 1.39. The lowest BCUT2D eigenvalue weighted by molar-refractivity contribution is 0.605. The Morgan fingerprint density at radius 2 is 2.24 bits per heavy atom. The lowest BCUT2D eigenvalue weighted by atomic mass is 9.87. The molecule has 0 saturated heterocycles. The minimum absolute atomic E-state index is 0.0801. The largest absolute Gasteiger partial charge is 0.346 e. The number of aromatic nitrogens is 1. The molecule has 1 aromatic heterocycles. The smallest absolute Gasteiger partial charge is 0.0867 e. The van der Waals surface area contributed by atoms with Crippen LogP contribution in [0.2, 0.25) is 0 Å². The van der Waals surface area contributed by atoms with E-state index in [-0.39, 0.29) is 5.92 Å². The average molecular weight is 224 g/mol. The molecular weight excluding hydrogens is 208 g/mol. The van der Waals surface area contributed by atoms with E-state index in [9.17, 15) is 5.26 Å². The van der Waals surface area contributed by atoms with Crippen LogP contribution in [0.1, 0.15) is 35.6 Å². The van der Waals surface area contributed by atoms with Gasteiger partial charge in [-0.1, -0.05) is 11.6 Å². The van der Waals surface area contributed by atoms with Crippen molar-refractivity contribution < 1.29 is 0 Å². The van der Waals surface area contributed by atoms with Crippen LogP contribution in [0.3, 0.4) is 0 Å². The summed E-state index contributed by atoms with van der Waals surface area (Å²) in [4.78, 5) is 0. The van der Waals surface area contributed by atoms with Crippen LogP contribution in [0.5, 0.6) is 0 Å². The highest BCUT2D eigenvalue weighted by Crippen LogP contribution is 2.37. The summed E-state index contributed by atoms with van der Waals surface area (Å²) in [7, 11) is 2.09. The first kappa shape index (κ1) is 10.4. The van der Waals surface area contributed by atoms with Gasteiger partial charge < -0.3 is 4.57 Å². The predicted octanol–water partition coefficient (Wildman–Crippen LogP) is 3.43. The number of hydrogen-bond donors (Lipinski definition) is 0. The van der Waals surface area contributed by atoms with E-state index in [1.54, 1.807) is 0 Å². The van der Waals surface area contributed by atoms with E-state index >= 15 is 0 Å². The van der Waals surface area contributed by atoms with Crippen LogP contribution in [0, 0.1) is 18.3 Å². The quantitative estimate of drug-likeness (QED) is 0.674. The first-order valence-corrected chi connectivity index (χ1v) is 6.20. The molecule has 0 bridgehead atoms. The van der Waals surface area contributed by atoms with E-state index < -0.39 is 0 Å². The summed E-state index contributed by atoms with van der Waals surface area (Å²) in [5.41, 5.74) is 5.22. The van der Waals surface area contributed by atoms with Crippen molar-refractivity contribution in [3.8, 4) is 6.07 Å². The molecule has 0 spiro atoms. The van der Waals surface area contributed by atoms with Gasteiger partial charge in [0.15, 0.2) is 0 Å². The zero-order valence-corrected chi connectivity index (χ0v) is 10.3. The molecule has 1 aliphatic rings. The zero-order valence-electron chi connectivity index (χ0n) is 10.3. The highest BCUT2D eigenvalue weighted by atomic mass is 15.0. The van der Waals surface area contributed by atoms with Crippen LogP contribution < -0.4 is 0 Å². The summed E-state index contributed by atoms with van der Waals surface area (Å²) < 4.78 is 2.22. The molecule has 2 aromatic rings. The second kappa shape index (κ2) is 3.63. The Kier molecular flexibility index (Phi) is 2.22. The normalized spacial score (nSPS) is 19.0. The molecule has 2 nitrogen and oxygen atoms in total. The van der Waals surface area contributed by atoms with Gasteiger partial charge in [0, 0.05) is 23.6 Å². The van der Waals surface area contributed by atoms with E-state index in [1.165, 1.54) is 27.7 Å². The van der Waals surface area contributed by atoms with Crippen LogP contribution in [-0.4, -0.2) is 4.57 Å². The van der Waals surface area contributed by atoms with E-state index in [1.807, 2.05) is 0 Å². The van der Waals surface area contributed by atoms with Gasteiger partial charge >= 0.3 is 0 Å². The SMILES string of the molecule is Cc1ccc2c(c1)c1c(n2C)[C@H](C#N)CCC1. The fraction of sp³-hybridized carbons (Fsp3) is 0.400. The van der Waals surface area contributed by atoms with Gasteiger partial charge in [-0.25, -0.2) is 0 Å². The van der Waals surface area contributed by atoms with Crippen LogP contribution in [-0.2, 0) is 13.5 Å². The molecule has 86 valence electrons. The summed E-state index contributed by atoms with van der Waals surface area (Å²) >= 11 is 0. The minimum atomic E-state index is 0.0801. The van der Waals surface area contributed by atoms with Crippen LogP contribution in [0.15, 0.2) is 18.2 Å². The van der Waals surface area contributed by atoms with Crippen molar-refractivity contribution in [1.29, 1.82) is 5.26 Å². The Bertz CT molecular complexity index is 628. The van der Waals surface area contributed by atoms with Gasteiger partial charge in [0.2, 0.25) is 0 Å². The van der Waals surface area contributed by atoms with E-state index in [0.29, 0.717) is 0 Å². The second-order valence-electron chi connectivity index (χ2n) is 5.02. The van der Waals surface area contributed by atoms with E-state index in [4.69, 9.17) is 0 Å². The Labute approximate surface area is 101 Å². The van der Waals surface area contributed by atoms with Gasteiger partial charge in [-0.3, -0.25) is 0 Å². The van der Waals surface area contributed by atoms with E-state index in [2.05, 4.69) is 42.8 Å². The zero-order chi connectivity index (χ0) is 12.0. The maximum atomic E-state index is 9.28. The van der Waals surface area contributed by atoms with Crippen LogP contribution in [0.25, 0.3) is 10.9 Å². The molecule has 0 fully saturated rings. The van der Waals surface area contributed by atoms with Crippen molar-refractivity contribution in [3.05, 3.63) is 35.0 Å². The molecule has 0 amide bonds. The van der Waals surface area contributed by atoms with Crippen LogP contribution >= 0.6 is 0 Å². The molecule has 0 N–H and O–H groups in total. The molecule has 1 atom stereocenters. The van der Waals surface area contributed by atoms with Crippen molar-refractivity contribution in [2.45, 2.75) is 32.1 Å². The lowest BCUT2D eigenvalue weighted by Gasteiger charge is -2.18. The maximum Gasteiger partial charge on any atom is 0.0867 e. The first-order valence-electron chi connectivity index (χ1n) is 6.20. The highest BCUT2D eigenvalue weighted by molar-refractivity contribution is 5.86. The molecule has 1 aromatic carbocycles. The Hall–Kier alpha value is -1.75. The maximum absolute atomic E-state index is 9.28. The molecule has 3 rings (SSSR count). The fourth-order valence-corrected chi connectivity index (χ4v) is 3.11. The Morgan fingerprint density at radius 1 is 1.41 bits per heavy atom. The number of hydrogen-bond acceptors (Lipinski definition) is 1. The molecule has 0 radical (unpaired) electrons. The Balaban J connectivity index is 2.38. The molecule has 2 heteroatoms. The summed E-state index contributed by atoms with van der Waals surface area (Å²) in [6, 6.07) is 9.04. The van der Waals surface area contributed by atoms with Crippen molar-refractivity contribution in [2.75, 3.05) is 0 Å². The molecular formula is C15H16N2. The summed E-state index contributed by atoms with van der Waals surface area (Å²) in [6.07, 6.45) is 3.26. The topological polar surface area (TPSA) is 28.7 Å². The molecule has 0 unspecified atom stereocenters. The van der Waals surface area contributed by atoms with Crippen molar-refractivity contribution in [2.24, 2.45) is 7.05 Å². The average Bonchev–Trinajstić information content (AvgIpc) is 2.63. The fourth-order valence-electron chi connectivity index (χ4n) is 3.11. The van der Waals surface area contributed by atoms with Crippen molar-refractivity contribution >= 4 is 10.9 Å². The number of aryl methyl sites for hydroxylation is 3. The van der Waals surface area contributed by atoms with Gasteiger partial charge in [0.25, 0.3) is 0 Å². The number of nitriles is 1. The molecule has 1 heterocycles. The van der Waals surface area contributed by atoms with Gasteiger partial charge in [0.1, 0.15) is 0 Å². The van der Waals surface area contributed by atoms with Crippen molar-refractivity contribution in [3.63, 3.8) is 0 Å². The lowest BCUT2D eigenvalue weighted by Crippen LogP contribution is -2.10. The van der Waals surface area contributed by atoms with Gasteiger partial charge in [0.05, 0.1) is 12.0 Å².